The SMILES string of the molecule is CC1(C)c2ccccc2-c2ccc(N(c3ccc4oc5cccc(N(c6ccccc6)c6ccccc6)c5c4c3)c3cccc4c3oc3ccccc34)cc21. The summed E-state index contributed by atoms with van der Waals surface area (Å²) in [7, 11) is 0. The highest BCUT2D eigenvalue weighted by molar-refractivity contribution is 6.15. The highest BCUT2D eigenvalue weighted by Crippen LogP contribution is 2.52. The van der Waals surface area contributed by atoms with Gasteiger partial charge in [0.2, 0.25) is 0 Å². The lowest BCUT2D eigenvalue weighted by Crippen LogP contribution is -2.16. The first-order chi connectivity index (χ1) is 27.0. The molecule has 0 atom stereocenters. The number of furan rings is 2. The molecule has 11 rings (SSSR count). The second-order valence-corrected chi connectivity index (χ2v) is 14.9. The molecule has 1 aliphatic carbocycles. The Kier molecular flexibility index (Phi) is 6.86. The fraction of sp³-hybridized carbons (Fsp3) is 0.0588. The van der Waals surface area contributed by atoms with Crippen LogP contribution in [0.3, 0.4) is 0 Å². The van der Waals surface area contributed by atoms with E-state index >= 15 is 0 Å². The van der Waals surface area contributed by atoms with Crippen LogP contribution in [0.15, 0.2) is 191 Å². The Morgan fingerprint density at radius 1 is 0.382 bits per heavy atom. The molecule has 2 aromatic heterocycles. The molecule has 0 fully saturated rings. The van der Waals surface area contributed by atoms with Crippen LogP contribution in [0.5, 0.6) is 0 Å². The molecule has 0 unspecified atom stereocenters. The fourth-order valence-corrected chi connectivity index (χ4v) is 8.87. The van der Waals surface area contributed by atoms with Crippen molar-refractivity contribution >= 4 is 78.0 Å². The molecule has 4 heteroatoms. The molecule has 262 valence electrons. The molecule has 0 amide bonds. The molecule has 0 saturated carbocycles. The number of hydrogen-bond donors (Lipinski definition) is 0. The molecule has 4 nitrogen and oxygen atoms in total. The number of benzene rings is 8. The monoisotopic (exact) mass is 708 g/mol. The lowest BCUT2D eigenvalue weighted by Gasteiger charge is -2.28. The Labute approximate surface area is 319 Å². The smallest absolute Gasteiger partial charge is 0.159 e. The van der Waals surface area contributed by atoms with Crippen LogP contribution in [0.4, 0.5) is 34.1 Å². The summed E-state index contributed by atoms with van der Waals surface area (Å²) >= 11 is 0. The zero-order chi connectivity index (χ0) is 36.7. The molecular formula is C51H36N2O2. The van der Waals surface area contributed by atoms with Gasteiger partial charge in [-0.15, -0.1) is 0 Å². The van der Waals surface area contributed by atoms with Gasteiger partial charge in [-0.1, -0.05) is 117 Å². The van der Waals surface area contributed by atoms with Gasteiger partial charge < -0.3 is 18.6 Å². The van der Waals surface area contributed by atoms with Gasteiger partial charge in [0.1, 0.15) is 16.7 Å². The molecule has 0 saturated heterocycles. The quantitative estimate of drug-likeness (QED) is 0.172. The number of rotatable bonds is 6. The maximum atomic E-state index is 6.72. The molecule has 0 spiro atoms. The number of fused-ring (bicyclic) bond motifs is 9. The third-order valence-electron chi connectivity index (χ3n) is 11.4. The number of hydrogen-bond acceptors (Lipinski definition) is 4. The Morgan fingerprint density at radius 2 is 0.964 bits per heavy atom. The van der Waals surface area contributed by atoms with Gasteiger partial charge in [-0.2, -0.15) is 0 Å². The van der Waals surface area contributed by atoms with E-state index in [1.54, 1.807) is 0 Å². The second-order valence-electron chi connectivity index (χ2n) is 14.9. The standard InChI is InChI=1S/C51H36N2O2/c1-51(2)42-22-11-9-19-37(42)38-29-27-36(32-43(38)51)53(45-24-13-21-40-39-20-10-12-25-46(39)55-50(40)45)35-28-30-47-41(31-35)49-44(23-14-26-48(49)54-47)52(33-15-5-3-6-16-33)34-17-7-4-8-18-34/h3-32H,1-2H3. The van der Waals surface area contributed by atoms with E-state index in [2.05, 4.69) is 200 Å². The summed E-state index contributed by atoms with van der Waals surface area (Å²) in [5.41, 5.74) is 14.8. The molecule has 1 aliphatic rings. The maximum absolute atomic E-state index is 6.72. The molecule has 55 heavy (non-hydrogen) atoms. The van der Waals surface area contributed by atoms with Crippen molar-refractivity contribution in [1.29, 1.82) is 0 Å². The van der Waals surface area contributed by atoms with Gasteiger partial charge in [-0.05, 0) is 101 Å². The van der Waals surface area contributed by atoms with Gasteiger partial charge in [-0.25, -0.2) is 0 Å². The van der Waals surface area contributed by atoms with Crippen molar-refractivity contribution in [3.63, 3.8) is 0 Å². The summed E-state index contributed by atoms with van der Waals surface area (Å²) in [6.45, 7) is 4.67. The molecule has 0 bridgehead atoms. The van der Waals surface area contributed by atoms with Crippen molar-refractivity contribution < 1.29 is 8.83 Å². The summed E-state index contributed by atoms with van der Waals surface area (Å²) in [6.07, 6.45) is 0. The minimum Gasteiger partial charge on any atom is -0.456 e. The minimum atomic E-state index is -0.156. The zero-order valence-corrected chi connectivity index (χ0v) is 30.5. The van der Waals surface area contributed by atoms with E-state index < -0.39 is 0 Å². The Balaban J connectivity index is 1.17. The summed E-state index contributed by atoms with van der Waals surface area (Å²) < 4.78 is 13.3. The predicted molar refractivity (Wildman–Crippen MR) is 228 cm³/mol. The van der Waals surface area contributed by atoms with Crippen LogP contribution in [0.2, 0.25) is 0 Å². The number of anilines is 6. The average Bonchev–Trinajstić information content (AvgIpc) is 3.87. The van der Waals surface area contributed by atoms with Crippen LogP contribution in [0.25, 0.3) is 55.0 Å². The number of para-hydroxylation sites is 4. The summed E-state index contributed by atoms with van der Waals surface area (Å²) in [6, 6.07) is 64.5. The van der Waals surface area contributed by atoms with Crippen LogP contribution >= 0.6 is 0 Å². The van der Waals surface area contributed by atoms with Crippen LogP contribution in [-0.4, -0.2) is 0 Å². The van der Waals surface area contributed by atoms with Crippen LogP contribution in [0.1, 0.15) is 25.0 Å². The molecule has 10 aromatic rings. The predicted octanol–water partition coefficient (Wildman–Crippen LogP) is 14.7. The van der Waals surface area contributed by atoms with Gasteiger partial charge in [0, 0.05) is 44.3 Å². The average molecular weight is 709 g/mol. The van der Waals surface area contributed by atoms with Crippen molar-refractivity contribution in [2.24, 2.45) is 0 Å². The third kappa shape index (κ3) is 4.78. The normalized spacial score (nSPS) is 13.1. The van der Waals surface area contributed by atoms with E-state index in [0.717, 1.165) is 78.0 Å². The zero-order valence-electron chi connectivity index (χ0n) is 30.5. The van der Waals surface area contributed by atoms with Gasteiger partial charge >= 0.3 is 0 Å². The molecule has 0 aliphatic heterocycles. The first kappa shape index (κ1) is 31.5. The molecule has 8 aromatic carbocycles. The molecule has 0 radical (unpaired) electrons. The Morgan fingerprint density at radius 3 is 1.78 bits per heavy atom. The first-order valence-corrected chi connectivity index (χ1v) is 18.8. The fourth-order valence-electron chi connectivity index (χ4n) is 8.87. The van der Waals surface area contributed by atoms with Gasteiger partial charge in [-0.3, -0.25) is 0 Å². The van der Waals surface area contributed by atoms with E-state index in [0.29, 0.717) is 0 Å². The maximum Gasteiger partial charge on any atom is 0.159 e. The molecule has 0 N–H and O–H groups in total. The van der Waals surface area contributed by atoms with E-state index in [9.17, 15) is 0 Å². The summed E-state index contributed by atoms with van der Waals surface area (Å²) in [4.78, 5) is 4.67. The Hall–Kier alpha value is -7.04. The van der Waals surface area contributed by atoms with Crippen molar-refractivity contribution in [2.45, 2.75) is 19.3 Å². The number of nitrogens with zero attached hydrogens (tertiary/aromatic N) is 2. The van der Waals surface area contributed by atoms with Crippen LogP contribution in [0, 0.1) is 0 Å². The van der Waals surface area contributed by atoms with Crippen molar-refractivity contribution in [1.82, 2.24) is 0 Å². The lowest BCUT2D eigenvalue weighted by atomic mass is 9.82. The first-order valence-electron chi connectivity index (χ1n) is 18.8. The van der Waals surface area contributed by atoms with Crippen LogP contribution in [-0.2, 0) is 5.41 Å². The van der Waals surface area contributed by atoms with E-state index in [1.165, 1.54) is 22.3 Å². The van der Waals surface area contributed by atoms with E-state index in [4.69, 9.17) is 8.83 Å². The molecule has 2 heterocycles. The lowest BCUT2D eigenvalue weighted by molar-refractivity contribution is 0.660. The largest absolute Gasteiger partial charge is 0.456 e. The Bertz CT molecular complexity index is 3040. The van der Waals surface area contributed by atoms with E-state index in [1.807, 2.05) is 6.07 Å². The highest BCUT2D eigenvalue weighted by atomic mass is 16.3. The van der Waals surface area contributed by atoms with Gasteiger partial charge in [0.25, 0.3) is 0 Å². The van der Waals surface area contributed by atoms with Gasteiger partial charge in [0.05, 0.1) is 16.8 Å². The summed E-state index contributed by atoms with van der Waals surface area (Å²) in [5.74, 6) is 0. The third-order valence-corrected chi connectivity index (χ3v) is 11.4. The van der Waals surface area contributed by atoms with Crippen molar-refractivity contribution in [3.05, 3.63) is 193 Å². The summed E-state index contributed by atoms with van der Waals surface area (Å²) in [5, 5.41) is 4.29. The van der Waals surface area contributed by atoms with Crippen molar-refractivity contribution in [2.75, 3.05) is 9.80 Å². The highest BCUT2D eigenvalue weighted by Gasteiger charge is 2.36. The minimum absolute atomic E-state index is 0.156. The van der Waals surface area contributed by atoms with Crippen LogP contribution < -0.4 is 9.80 Å². The van der Waals surface area contributed by atoms with Gasteiger partial charge in [0.15, 0.2) is 5.58 Å². The van der Waals surface area contributed by atoms with E-state index in [-0.39, 0.29) is 5.41 Å². The molecular weight excluding hydrogens is 673 g/mol. The van der Waals surface area contributed by atoms with Crippen molar-refractivity contribution in [3.8, 4) is 11.1 Å². The second kappa shape index (κ2) is 12.0. The topological polar surface area (TPSA) is 32.8 Å².